The van der Waals surface area contributed by atoms with Crippen molar-refractivity contribution in [3.05, 3.63) is 0 Å². The Morgan fingerprint density at radius 2 is 0.966 bits per heavy atom. The summed E-state index contributed by atoms with van der Waals surface area (Å²) in [4.78, 5) is 69.6. The summed E-state index contributed by atoms with van der Waals surface area (Å²) in [6.07, 6.45) is 16.9. The molecule has 15 heteroatoms. The van der Waals surface area contributed by atoms with E-state index in [4.69, 9.17) is 9.47 Å². The number of piperidine rings is 4. The summed E-state index contributed by atoms with van der Waals surface area (Å²) in [6, 6.07) is 2.77. The van der Waals surface area contributed by atoms with E-state index < -0.39 is 0 Å². The minimum absolute atomic E-state index is 0.0602. The molecule has 8 fully saturated rings. The third-order valence-electron chi connectivity index (χ3n) is 14.0. The molecule has 0 aromatic rings. The van der Waals surface area contributed by atoms with Gasteiger partial charge in [0, 0.05) is 95.4 Å². The van der Waals surface area contributed by atoms with E-state index >= 15 is 0 Å². The summed E-state index contributed by atoms with van der Waals surface area (Å²) in [5.41, 5.74) is 0. The number of rotatable bonds is 5. The monoisotopic (exact) mass is 829 g/mol. The van der Waals surface area contributed by atoms with E-state index in [-0.39, 0.29) is 42.2 Å². The summed E-state index contributed by atoms with van der Waals surface area (Å²) in [5.74, 6) is 1.58. The quantitative estimate of drug-likeness (QED) is 0.323. The number of hydrogen-bond donors (Lipinski definition) is 3. The first-order valence-electron chi connectivity index (χ1n) is 23.5. The molecule has 2 saturated carbocycles. The topological polar surface area (TPSA) is 156 Å². The Morgan fingerprint density at radius 1 is 0.542 bits per heavy atom. The molecule has 15 nitrogen and oxygen atoms in total. The number of nitrogens with one attached hydrogen (secondary N) is 3. The number of Topliss-reactive ketones (excluding diaryl/α,β-unsaturated/α-hetero) is 1. The molecule has 0 unspecified atom stereocenters. The van der Waals surface area contributed by atoms with Crippen LogP contribution in [0.3, 0.4) is 0 Å². The van der Waals surface area contributed by atoms with Gasteiger partial charge in [-0.25, -0.2) is 19.2 Å². The number of likely N-dealkylation sites (tertiary alicyclic amines) is 3. The Hall–Kier alpha value is -3.33. The highest BCUT2D eigenvalue weighted by Gasteiger charge is 2.43. The molecule has 59 heavy (non-hydrogen) atoms. The largest absolute Gasteiger partial charge is 0.447 e. The van der Waals surface area contributed by atoms with Crippen LogP contribution in [0, 0.1) is 11.8 Å². The standard InChI is InChI=1S/C22H38N4O3.C13H23N3O.C9H15NO3/c1-16(2)29-22(28)25-13-7-18(8-14-25)24-11-9-19(10-12-24)26-20-6-4-3-5-17(20)15-23-21(26)27;17-13-15-9-10-3-1-2-4-12(10)16(13)11-5-7-14-8-6-11;1-7(2)13-9(12)10-5-3-8(11)4-6-10/h16-20H,3-15H2,1-2H3,(H,23,27);10-12,14H,1-9H2,(H,15,17);7H,3-6H2,1-2H3/t17-,20+;10-,12+;/m11./s1. The minimum atomic E-state index is -0.303. The van der Waals surface area contributed by atoms with Crippen LogP contribution < -0.4 is 16.0 Å². The number of carbonyl (C=O) groups excluding carboxylic acids is 5. The molecule has 334 valence electrons. The van der Waals surface area contributed by atoms with Gasteiger partial charge in [0.2, 0.25) is 0 Å². The van der Waals surface area contributed by atoms with Gasteiger partial charge >= 0.3 is 24.2 Å². The first-order chi connectivity index (χ1) is 28.5. The van der Waals surface area contributed by atoms with Crippen molar-refractivity contribution in [3.8, 4) is 0 Å². The van der Waals surface area contributed by atoms with Crippen LogP contribution in [0.4, 0.5) is 19.2 Å². The van der Waals surface area contributed by atoms with Gasteiger partial charge in [0.05, 0.1) is 12.2 Å². The van der Waals surface area contributed by atoms with Gasteiger partial charge in [-0.05, 0) is 117 Å². The molecule has 0 aromatic carbocycles. The van der Waals surface area contributed by atoms with E-state index in [1.807, 2.05) is 32.6 Å². The van der Waals surface area contributed by atoms with Gasteiger partial charge in [-0.15, -0.1) is 0 Å². The van der Waals surface area contributed by atoms with Crippen LogP contribution in [0.5, 0.6) is 0 Å². The number of nitrogens with zero attached hydrogens (tertiary/aromatic N) is 5. The summed E-state index contributed by atoms with van der Waals surface area (Å²) in [5, 5.41) is 9.63. The zero-order valence-corrected chi connectivity index (χ0v) is 36.7. The molecule has 2 aliphatic carbocycles. The zero-order valence-electron chi connectivity index (χ0n) is 36.7. The summed E-state index contributed by atoms with van der Waals surface area (Å²) < 4.78 is 10.3. The van der Waals surface area contributed by atoms with Crippen molar-refractivity contribution in [2.75, 3.05) is 65.4 Å². The highest BCUT2D eigenvalue weighted by atomic mass is 16.6. The molecule has 0 radical (unpaired) electrons. The van der Waals surface area contributed by atoms with Crippen molar-refractivity contribution >= 4 is 30.0 Å². The summed E-state index contributed by atoms with van der Waals surface area (Å²) in [7, 11) is 0. The fourth-order valence-corrected chi connectivity index (χ4v) is 10.9. The maximum atomic E-state index is 12.7. The third kappa shape index (κ3) is 12.4. The van der Waals surface area contributed by atoms with Crippen molar-refractivity contribution in [3.63, 3.8) is 0 Å². The molecule has 0 spiro atoms. The molecule has 6 amide bonds. The van der Waals surface area contributed by atoms with Gasteiger partial charge in [0.1, 0.15) is 5.78 Å². The second kappa shape index (κ2) is 22.0. The molecule has 0 aromatic heterocycles. The highest BCUT2D eigenvalue weighted by Crippen LogP contribution is 2.35. The predicted octanol–water partition coefficient (Wildman–Crippen LogP) is 5.56. The first-order valence-corrected chi connectivity index (χ1v) is 23.5. The molecule has 8 rings (SSSR count). The maximum absolute atomic E-state index is 12.7. The highest BCUT2D eigenvalue weighted by molar-refractivity contribution is 5.81. The second-order valence-corrected chi connectivity index (χ2v) is 18.8. The van der Waals surface area contributed by atoms with E-state index in [0.717, 1.165) is 90.9 Å². The molecular formula is C44H76N8O7. The lowest BCUT2D eigenvalue weighted by Crippen LogP contribution is -2.63. The van der Waals surface area contributed by atoms with E-state index in [2.05, 4.69) is 30.7 Å². The molecule has 0 bridgehead atoms. The van der Waals surface area contributed by atoms with Gasteiger partial charge in [0.25, 0.3) is 0 Å². The maximum Gasteiger partial charge on any atom is 0.410 e. The molecule has 6 aliphatic heterocycles. The van der Waals surface area contributed by atoms with Crippen molar-refractivity contribution in [1.29, 1.82) is 0 Å². The minimum Gasteiger partial charge on any atom is -0.447 e. The number of ketones is 1. The van der Waals surface area contributed by atoms with Gasteiger partial charge in [-0.3, -0.25) is 4.79 Å². The van der Waals surface area contributed by atoms with Crippen molar-refractivity contribution in [1.82, 2.24) is 40.4 Å². The van der Waals surface area contributed by atoms with Crippen molar-refractivity contribution in [2.45, 2.75) is 173 Å². The smallest absolute Gasteiger partial charge is 0.410 e. The molecule has 6 saturated heterocycles. The third-order valence-corrected chi connectivity index (χ3v) is 14.0. The number of ether oxygens (including phenoxy) is 2. The number of carbonyl (C=O) groups is 5. The van der Waals surface area contributed by atoms with Crippen LogP contribution in [0.1, 0.15) is 130 Å². The van der Waals surface area contributed by atoms with E-state index in [0.29, 0.717) is 68.0 Å². The Kier molecular flexibility index (Phi) is 16.8. The van der Waals surface area contributed by atoms with E-state index in [1.54, 1.807) is 4.90 Å². The summed E-state index contributed by atoms with van der Waals surface area (Å²) >= 11 is 0. The van der Waals surface area contributed by atoms with Gasteiger partial charge < -0.3 is 49.9 Å². The number of urea groups is 2. The Bertz CT molecular complexity index is 1380. The lowest BCUT2D eigenvalue weighted by Gasteiger charge is -2.50. The summed E-state index contributed by atoms with van der Waals surface area (Å²) in [6.45, 7) is 16.0. The van der Waals surface area contributed by atoms with Crippen LogP contribution in [0.25, 0.3) is 0 Å². The van der Waals surface area contributed by atoms with Crippen LogP contribution in [0.2, 0.25) is 0 Å². The van der Waals surface area contributed by atoms with E-state index in [9.17, 15) is 24.0 Å². The fraction of sp³-hybridized carbons (Fsp3) is 0.886. The van der Waals surface area contributed by atoms with Crippen LogP contribution >= 0.6 is 0 Å². The normalized spacial score (nSPS) is 28.9. The van der Waals surface area contributed by atoms with Crippen molar-refractivity contribution < 1.29 is 33.4 Å². The Balaban J connectivity index is 0.000000165. The lowest BCUT2D eigenvalue weighted by atomic mass is 9.81. The zero-order chi connectivity index (χ0) is 41.9. The van der Waals surface area contributed by atoms with Crippen LogP contribution in [0.15, 0.2) is 0 Å². The van der Waals surface area contributed by atoms with Gasteiger partial charge in [-0.2, -0.15) is 0 Å². The molecule has 6 heterocycles. The Labute approximate surface area is 353 Å². The number of hydrogen-bond acceptors (Lipinski definition) is 9. The predicted molar refractivity (Wildman–Crippen MR) is 226 cm³/mol. The lowest BCUT2D eigenvalue weighted by molar-refractivity contribution is -0.121. The van der Waals surface area contributed by atoms with Gasteiger partial charge in [-0.1, -0.05) is 25.7 Å². The first kappa shape index (κ1) is 45.2. The number of amides is 6. The average molecular weight is 829 g/mol. The van der Waals surface area contributed by atoms with Crippen LogP contribution in [-0.4, -0.2) is 162 Å². The second-order valence-electron chi connectivity index (χ2n) is 18.8. The molecule has 4 atom stereocenters. The molecule has 3 N–H and O–H groups in total. The van der Waals surface area contributed by atoms with Crippen LogP contribution in [-0.2, 0) is 14.3 Å². The molecular weight excluding hydrogens is 753 g/mol. The fourth-order valence-electron chi connectivity index (χ4n) is 10.9. The van der Waals surface area contributed by atoms with E-state index in [1.165, 1.54) is 51.4 Å². The molecule has 8 aliphatic rings. The average Bonchev–Trinajstić information content (AvgIpc) is 3.24. The Morgan fingerprint density at radius 3 is 1.44 bits per heavy atom. The van der Waals surface area contributed by atoms with Crippen molar-refractivity contribution in [2.24, 2.45) is 11.8 Å². The number of fused-ring (bicyclic) bond motifs is 2. The van der Waals surface area contributed by atoms with Gasteiger partial charge in [0.15, 0.2) is 0 Å². The SMILES string of the molecule is CC(C)OC(=O)N1CCC(=O)CC1.CC(C)OC(=O)N1CCC(N2CCC(N3C(=O)NC[C@H]4CCCC[C@@H]43)CC2)CC1.O=C1NC[C@H]2CCCC[C@@H]2N1C1CCNCC1.